The van der Waals surface area contributed by atoms with Crippen LogP contribution in [0, 0.1) is 5.41 Å². The molecular weight excluding hydrogens is 220 g/mol. The summed E-state index contributed by atoms with van der Waals surface area (Å²) in [5.74, 6) is -0.752. The number of esters is 2. The number of benzene rings is 1. The molecule has 1 aromatic carbocycles. The Morgan fingerprint density at radius 3 is 1.59 bits per heavy atom. The molecule has 0 atom stereocenters. The third kappa shape index (κ3) is 2.64. The summed E-state index contributed by atoms with van der Waals surface area (Å²) in [4.78, 5) is 23.3. The molecule has 1 aromatic rings. The van der Waals surface area contributed by atoms with Gasteiger partial charge in [0, 0.05) is 5.41 Å². The molecule has 2 heterocycles. The molecule has 0 saturated heterocycles. The van der Waals surface area contributed by atoms with Gasteiger partial charge in [0.1, 0.15) is 0 Å². The Morgan fingerprint density at radius 1 is 0.882 bits per heavy atom. The van der Waals surface area contributed by atoms with E-state index in [0.29, 0.717) is 11.1 Å². The van der Waals surface area contributed by atoms with Crippen LogP contribution in [-0.4, -0.2) is 25.2 Å². The minimum absolute atomic E-state index is 0.222. The van der Waals surface area contributed by atoms with E-state index in [2.05, 4.69) is 0 Å². The zero-order valence-electron chi connectivity index (χ0n) is 9.86. The SMILES string of the molecule is CC1(C)COC(=O)c2ccc(cc2)C(=O)OC1. The molecule has 0 saturated carbocycles. The Kier molecular flexibility index (Phi) is 2.88. The van der Waals surface area contributed by atoms with Gasteiger partial charge >= 0.3 is 11.9 Å². The molecule has 17 heavy (non-hydrogen) atoms. The van der Waals surface area contributed by atoms with Crippen molar-refractivity contribution in [1.82, 2.24) is 0 Å². The summed E-state index contributed by atoms with van der Waals surface area (Å²) in [7, 11) is 0. The van der Waals surface area contributed by atoms with Crippen molar-refractivity contribution in [1.29, 1.82) is 0 Å². The van der Waals surface area contributed by atoms with E-state index in [1.165, 1.54) is 0 Å². The second-order valence-electron chi connectivity index (χ2n) is 4.89. The number of ether oxygens (including phenoxy) is 2. The quantitative estimate of drug-likeness (QED) is 0.644. The van der Waals surface area contributed by atoms with E-state index in [1.807, 2.05) is 13.8 Å². The van der Waals surface area contributed by atoms with E-state index in [-0.39, 0.29) is 30.6 Å². The average Bonchev–Trinajstić information content (AvgIpc) is 2.35. The molecule has 0 aliphatic carbocycles. The lowest BCUT2D eigenvalue weighted by Crippen LogP contribution is -2.28. The molecule has 0 radical (unpaired) electrons. The van der Waals surface area contributed by atoms with Crippen LogP contribution in [0.15, 0.2) is 24.3 Å². The smallest absolute Gasteiger partial charge is 0.338 e. The Hall–Kier alpha value is -1.84. The number of carbonyl (C=O) groups excluding carboxylic acids is 2. The Bertz CT molecular complexity index is 404. The maximum absolute atomic E-state index is 11.7. The minimum atomic E-state index is -0.379. The molecule has 0 fully saturated rings. The maximum Gasteiger partial charge on any atom is 0.338 e. The predicted octanol–water partition coefficient (Wildman–Crippen LogP) is 2.04. The van der Waals surface area contributed by atoms with Crippen molar-refractivity contribution < 1.29 is 19.1 Å². The lowest BCUT2D eigenvalue weighted by molar-refractivity contribution is 0.00665. The maximum atomic E-state index is 11.7. The fourth-order valence-electron chi connectivity index (χ4n) is 1.47. The van der Waals surface area contributed by atoms with Gasteiger partial charge in [0.2, 0.25) is 0 Å². The molecule has 90 valence electrons. The Balaban J connectivity index is 2.33. The minimum Gasteiger partial charge on any atom is -0.461 e. The first-order valence-electron chi connectivity index (χ1n) is 5.42. The van der Waals surface area contributed by atoms with Gasteiger partial charge in [-0.3, -0.25) is 0 Å². The van der Waals surface area contributed by atoms with Crippen LogP contribution in [0.5, 0.6) is 0 Å². The van der Waals surface area contributed by atoms with Gasteiger partial charge in [-0.15, -0.1) is 0 Å². The van der Waals surface area contributed by atoms with Gasteiger partial charge in [-0.1, -0.05) is 13.8 Å². The van der Waals surface area contributed by atoms with Crippen molar-refractivity contribution in [3.63, 3.8) is 0 Å². The summed E-state index contributed by atoms with van der Waals surface area (Å²) in [5, 5.41) is 0. The van der Waals surface area contributed by atoms with Crippen molar-refractivity contribution in [3.05, 3.63) is 35.4 Å². The summed E-state index contributed by atoms with van der Waals surface area (Å²) in [6, 6.07) is 6.27. The van der Waals surface area contributed by atoms with Crippen LogP contribution in [-0.2, 0) is 9.47 Å². The highest BCUT2D eigenvalue weighted by atomic mass is 16.5. The Morgan fingerprint density at radius 2 is 1.24 bits per heavy atom. The molecule has 0 unspecified atom stereocenters. The fourth-order valence-corrected chi connectivity index (χ4v) is 1.47. The highest BCUT2D eigenvalue weighted by Crippen LogP contribution is 2.19. The topological polar surface area (TPSA) is 52.6 Å². The molecule has 3 rings (SSSR count). The summed E-state index contributed by atoms with van der Waals surface area (Å²) >= 11 is 0. The third-order valence-electron chi connectivity index (χ3n) is 2.54. The predicted molar refractivity (Wildman–Crippen MR) is 60.8 cm³/mol. The van der Waals surface area contributed by atoms with Gasteiger partial charge < -0.3 is 9.47 Å². The van der Waals surface area contributed by atoms with Gasteiger partial charge in [-0.2, -0.15) is 0 Å². The molecule has 0 N–H and O–H groups in total. The van der Waals surface area contributed by atoms with Gasteiger partial charge in [-0.25, -0.2) is 9.59 Å². The molecule has 2 bridgehead atoms. The molecule has 4 nitrogen and oxygen atoms in total. The van der Waals surface area contributed by atoms with E-state index in [1.54, 1.807) is 24.3 Å². The van der Waals surface area contributed by atoms with Crippen LogP contribution < -0.4 is 0 Å². The van der Waals surface area contributed by atoms with Crippen LogP contribution >= 0.6 is 0 Å². The molecule has 4 heteroatoms. The number of hydrogen-bond acceptors (Lipinski definition) is 4. The first kappa shape index (κ1) is 11.6. The van der Waals surface area contributed by atoms with E-state index >= 15 is 0 Å². The first-order valence-corrected chi connectivity index (χ1v) is 5.42. The highest BCUT2D eigenvalue weighted by molar-refractivity contribution is 5.93. The van der Waals surface area contributed by atoms with Gasteiger partial charge in [0.05, 0.1) is 24.3 Å². The standard InChI is InChI=1S/C13H14O4/c1-13(2)7-16-11(14)9-3-4-10(6-5-9)12(15)17-8-13/h3-6H,7-8H2,1-2H3. The molecule has 0 aromatic heterocycles. The van der Waals surface area contributed by atoms with Gasteiger partial charge in [0.25, 0.3) is 0 Å². The normalized spacial score (nSPS) is 19.2. The summed E-state index contributed by atoms with van der Waals surface area (Å²) < 4.78 is 10.3. The van der Waals surface area contributed by atoms with Gasteiger partial charge in [0.15, 0.2) is 0 Å². The first-order chi connectivity index (χ1) is 7.98. The number of hydrogen-bond donors (Lipinski definition) is 0. The zero-order chi connectivity index (χ0) is 12.5. The molecule has 0 spiro atoms. The molecule has 2 aliphatic heterocycles. The summed E-state index contributed by atoms with van der Waals surface area (Å²) in [6.07, 6.45) is 0. The lowest BCUT2D eigenvalue weighted by Gasteiger charge is -2.23. The molecular formula is C13H14O4. The Labute approximate surface area is 99.5 Å². The van der Waals surface area contributed by atoms with Crippen LogP contribution in [0.1, 0.15) is 34.6 Å². The van der Waals surface area contributed by atoms with Crippen molar-refractivity contribution in [3.8, 4) is 0 Å². The van der Waals surface area contributed by atoms with Crippen LogP contribution in [0.4, 0.5) is 0 Å². The fraction of sp³-hybridized carbons (Fsp3) is 0.385. The third-order valence-corrected chi connectivity index (χ3v) is 2.54. The van der Waals surface area contributed by atoms with Crippen LogP contribution in [0.25, 0.3) is 0 Å². The molecule has 0 amide bonds. The molecule has 2 aliphatic rings. The van der Waals surface area contributed by atoms with E-state index in [9.17, 15) is 9.59 Å². The zero-order valence-corrected chi connectivity index (χ0v) is 9.86. The average molecular weight is 234 g/mol. The van der Waals surface area contributed by atoms with Crippen molar-refractivity contribution in [2.24, 2.45) is 5.41 Å². The second-order valence-corrected chi connectivity index (χ2v) is 4.89. The van der Waals surface area contributed by atoms with E-state index in [0.717, 1.165) is 0 Å². The van der Waals surface area contributed by atoms with Gasteiger partial charge in [-0.05, 0) is 24.3 Å². The van der Waals surface area contributed by atoms with E-state index < -0.39 is 0 Å². The van der Waals surface area contributed by atoms with Crippen molar-refractivity contribution >= 4 is 11.9 Å². The van der Waals surface area contributed by atoms with E-state index in [4.69, 9.17) is 9.47 Å². The highest BCUT2D eigenvalue weighted by Gasteiger charge is 2.24. The number of carbonyl (C=O) groups is 2. The summed E-state index contributed by atoms with van der Waals surface area (Å²) in [6.45, 7) is 4.20. The summed E-state index contributed by atoms with van der Waals surface area (Å²) in [5.41, 5.74) is 0.509. The number of fused-ring (bicyclic) bond motifs is 8. The van der Waals surface area contributed by atoms with Crippen LogP contribution in [0.2, 0.25) is 0 Å². The van der Waals surface area contributed by atoms with Crippen molar-refractivity contribution in [2.45, 2.75) is 13.8 Å². The second kappa shape index (κ2) is 4.20. The van der Waals surface area contributed by atoms with Crippen LogP contribution in [0.3, 0.4) is 0 Å². The van der Waals surface area contributed by atoms with Crippen molar-refractivity contribution in [2.75, 3.05) is 13.2 Å². The lowest BCUT2D eigenvalue weighted by atomic mass is 9.96. The number of rotatable bonds is 0. The monoisotopic (exact) mass is 234 g/mol. The largest absolute Gasteiger partial charge is 0.461 e.